The highest BCUT2D eigenvalue weighted by Gasteiger charge is 2.21. The van der Waals surface area contributed by atoms with Gasteiger partial charge in [0.1, 0.15) is 5.75 Å². The molecule has 0 saturated heterocycles. The predicted octanol–water partition coefficient (Wildman–Crippen LogP) is 3.88. The molecule has 0 aliphatic heterocycles. The topological polar surface area (TPSA) is 26.3 Å². The zero-order valence-electron chi connectivity index (χ0n) is 8.89. The molecule has 5 heteroatoms. The average molecular weight is 249 g/mol. The Labute approximate surface area is 97.2 Å². The van der Waals surface area contributed by atoms with Crippen LogP contribution in [0.4, 0.5) is 8.78 Å². The minimum Gasteiger partial charge on any atom is -0.494 e. The van der Waals surface area contributed by atoms with Crippen molar-refractivity contribution in [3.8, 4) is 5.75 Å². The summed E-state index contributed by atoms with van der Waals surface area (Å²) in [5.41, 5.74) is -0.524. The molecule has 88 valence electrons. The van der Waals surface area contributed by atoms with Crippen LogP contribution in [0.3, 0.4) is 0 Å². The van der Waals surface area contributed by atoms with E-state index < -0.39 is 17.8 Å². The molecule has 1 aromatic rings. The Balaban J connectivity index is 3.33. The number of carbonyl (C=O) groups is 1. The highest BCUT2D eigenvalue weighted by atomic mass is 35.5. The number of Topliss-reactive ketones (excluding diaryl/α,β-unsaturated/α-hetero) is 1. The Hall–Kier alpha value is -1.16. The zero-order valence-corrected chi connectivity index (χ0v) is 9.65. The van der Waals surface area contributed by atoms with Gasteiger partial charge in [0, 0.05) is 11.1 Å². The quantitative estimate of drug-likeness (QED) is 0.756. The number of ketones is 1. The van der Waals surface area contributed by atoms with Crippen molar-refractivity contribution < 1.29 is 18.3 Å². The molecular weight excluding hydrogens is 238 g/mol. The minimum absolute atomic E-state index is 0.0917. The van der Waals surface area contributed by atoms with Crippen LogP contribution in [0.25, 0.3) is 0 Å². The number of hydrogen-bond acceptors (Lipinski definition) is 2. The Kier molecular flexibility index (Phi) is 4.24. The summed E-state index contributed by atoms with van der Waals surface area (Å²) >= 11 is 5.70. The van der Waals surface area contributed by atoms with E-state index in [9.17, 15) is 13.6 Å². The molecule has 0 unspecified atom stereocenters. The summed E-state index contributed by atoms with van der Waals surface area (Å²) in [5, 5.41) is -0.147. The van der Waals surface area contributed by atoms with Crippen LogP contribution in [-0.2, 0) is 0 Å². The van der Waals surface area contributed by atoms with Gasteiger partial charge in [-0.05, 0) is 26.0 Å². The molecule has 0 bridgehead atoms. The second kappa shape index (κ2) is 5.25. The monoisotopic (exact) mass is 248 g/mol. The van der Waals surface area contributed by atoms with Crippen molar-refractivity contribution in [2.75, 3.05) is 6.61 Å². The van der Waals surface area contributed by atoms with Gasteiger partial charge in [0.2, 0.25) is 0 Å². The molecule has 0 fully saturated rings. The molecule has 0 radical (unpaired) electrons. The van der Waals surface area contributed by atoms with Gasteiger partial charge in [-0.25, -0.2) is 8.78 Å². The van der Waals surface area contributed by atoms with Crippen molar-refractivity contribution in [1.29, 1.82) is 0 Å². The third-order valence-electron chi connectivity index (χ3n) is 2.01. The summed E-state index contributed by atoms with van der Waals surface area (Å²) in [7, 11) is 0. The summed E-state index contributed by atoms with van der Waals surface area (Å²) in [5.74, 6) is -0.138. The predicted molar refractivity (Wildman–Crippen MR) is 57.6 cm³/mol. The summed E-state index contributed by atoms with van der Waals surface area (Å²) in [6.45, 7) is 3.34. The van der Waals surface area contributed by atoms with E-state index in [4.69, 9.17) is 16.3 Å². The van der Waals surface area contributed by atoms with Crippen molar-refractivity contribution in [2.45, 2.75) is 20.3 Å². The van der Waals surface area contributed by atoms with Crippen LogP contribution in [0.2, 0.25) is 5.02 Å². The number of rotatable bonds is 4. The molecule has 1 rings (SSSR count). The van der Waals surface area contributed by atoms with Gasteiger partial charge in [0.15, 0.2) is 5.78 Å². The van der Waals surface area contributed by atoms with Gasteiger partial charge in [-0.2, -0.15) is 0 Å². The second-order valence-corrected chi connectivity index (χ2v) is 3.56. The van der Waals surface area contributed by atoms with Crippen LogP contribution in [0.5, 0.6) is 5.75 Å². The number of benzene rings is 1. The molecule has 0 amide bonds. The smallest absolute Gasteiger partial charge is 0.265 e. The van der Waals surface area contributed by atoms with E-state index in [1.165, 1.54) is 19.1 Å². The van der Waals surface area contributed by atoms with Crippen LogP contribution >= 0.6 is 11.6 Å². The first-order valence-electron chi connectivity index (χ1n) is 4.72. The second-order valence-electron chi connectivity index (χ2n) is 3.16. The molecule has 16 heavy (non-hydrogen) atoms. The summed E-state index contributed by atoms with van der Waals surface area (Å²) < 4.78 is 30.5. The molecule has 0 atom stereocenters. The van der Waals surface area contributed by atoms with Crippen LogP contribution < -0.4 is 4.74 Å². The van der Waals surface area contributed by atoms with E-state index in [1.807, 2.05) is 0 Å². The van der Waals surface area contributed by atoms with Gasteiger partial charge in [-0.3, -0.25) is 4.79 Å². The lowest BCUT2D eigenvalue weighted by molar-refractivity contribution is 0.0998. The van der Waals surface area contributed by atoms with E-state index in [-0.39, 0.29) is 10.6 Å². The number of halogens is 3. The standard InChI is InChI=1S/C11H11ClF2O2/c1-3-16-7-4-8(6(2)15)10(11(13)14)9(12)5-7/h4-5,11H,3H2,1-2H3. The lowest BCUT2D eigenvalue weighted by Crippen LogP contribution is -2.03. The minimum atomic E-state index is -2.78. The molecule has 2 nitrogen and oxygen atoms in total. The van der Waals surface area contributed by atoms with E-state index in [0.717, 1.165) is 0 Å². The first-order valence-corrected chi connectivity index (χ1v) is 5.10. The van der Waals surface area contributed by atoms with Gasteiger partial charge in [0.05, 0.1) is 11.6 Å². The Morgan fingerprint density at radius 1 is 1.50 bits per heavy atom. The maximum Gasteiger partial charge on any atom is 0.265 e. The molecule has 1 aromatic carbocycles. The summed E-state index contributed by atoms with van der Waals surface area (Å²) in [6, 6.07) is 2.58. The van der Waals surface area contributed by atoms with Crippen molar-refractivity contribution in [1.82, 2.24) is 0 Å². The number of carbonyl (C=O) groups excluding carboxylic acids is 1. The highest BCUT2D eigenvalue weighted by Crippen LogP contribution is 2.34. The SMILES string of the molecule is CCOc1cc(Cl)c(C(F)F)c(C(C)=O)c1. The van der Waals surface area contributed by atoms with Gasteiger partial charge in [-0.1, -0.05) is 11.6 Å². The fourth-order valence-corrected chi connectivity index (χ4v) is 1.65. The van der Waals surface area contributed by atoms with E-state index in [1.54, 1.807) is 6.92 Å². The van der Waals surface area contributed by atoms with Crippen LogP contribution in [0.15, 0.2) is 12.1 Å². The van der Waals surface area contributed by atoms with Crippen molar-refractivity contribution in [3.63, 3.8) is 0 Å². The molecule has 0 heterocycles. The van der Waals surface area contributed by atoms with Gasteiger partial charge < -0.3 is 4.74 Å². The first kappa shape index (κ1) is 12.9. The number of alkyl halides is 2. The van der Waals surface area contributed by atoms with Crippen molar-refractivity contribution >= 4 is 17.4 Å². The largest absolute Gasteiger partial charge is 0.494 e. The molecule has 0 aliphatic rings. The first-order chi connectivity index (χ1) is 7.47. The normalized spacial score (nSPS) is 10.6. The molecule has 0 spiro atoms. The molecular formula is C11H11ClF2O2. The molecule has 0 aromatic heterocycles. The molecule has 0 aliphatic carbocycles. The molecule has 0 N–H and O–H groups in total. The summed E-state index contributed by atoms with van der Waals surface area (Å²) in [4.78, 5) is 11.2. The summed E-state index contributed by atoms with van der Waals surface area (Å²) in [6.07, 6.45) is -2.78. The maximum absolute atomic E-state index is 12.7. The third kappa shape index (κ3) is 2.70. The van der Waals surface area contributed by atoms with Crippen LogP contribution in [0.1, 0.15) is 36.2 Å². The van der Waals surface area contributed by atoms with Gasteiger partial charge in [0.25, 0.3) is 6.43 Å². The van der Waals surface area contributed by atoms with Crippen molar-refractivity contribution in [2.24, 2.45) is 0 Å². The maximum atomic E-state index is 12.7. The fraction of sp³-hybridized carbons (Fsp3) is 0.364. The third-order valence-corrected chi connectivity index (χ3v) is 2.32. The van der Waals surface area contributed by atoms with E-state index in [2.05, 4.69) is 0 Å². The van der Waals surface area contributed by atoms with Crippen LogP contribution in [-0.4, -0.2) is 12.4 Å². The lowest BCUT2D eigenvalue weighted by atomic mass is 10.0. The Morgan fingerprint density at radius 2 is 2.12 bits per heavy atom. The number of ether oxygens (including phenoxy) is 1. The van der Waals surface area contributed by atoms with Crippen LogP contribution in [0, 0.1) is 0 Å². The number of hydrogen-bond donors (Lipinski definition) is 0. The highest BCUT2D eigenvalue weighted by molar-refractivity contribution is 6.32. The fourth-order valence-electron chi connectivity index (χ4n) is 1.36. The molecule has 0 saturated carbocycles. The average Bonchev–Trinajstić information content (AvgIpc) is 2.16. The Morgan fingerprint density at radius 3 is 2.56 bits per heavy atom. The van der Waals surface area contributed by atoms with E-state index >= 15 is 0 Å². The van der Waals surface area contributed by atoms with Gasteiger partial charge >= 0.3 is 0 Å². The lowest BCUT2D eigenvalue weighted by Gasteiger charge is -2.11. The van der Waals surface area contributed by atoms with Crippen molar-refractivity contribution in [3.05, 3.63) is 28.3 Å². The van der Waals surface area contributed by atoms with Gasteiger partial charge in [-0.15, -0.1) is 0 Å². The Bertz CT molecular complexity index is 405. The zero-order chi connectivity index (χ0) is 12.3. The van der Waals surface area contributed by atoms with E-state index in [0.29, 0.717) is 12.4 Å².